The zero-order chi connectivity index (χ0) is 28.6. The number of aliphatic hydroxyl groups excluding tert-OH is 1. The van der Waals surface area contributed by atoms with E-state index in [0.717, 1.165) is 41.0 Å². The molecule has 0 aliphatic heterocycles. The summed E-state index contributed by atoms with van der Waals surface area (Å²) in [6.45, 7) is 0.686. The van der Waals surface area contributed by atoms with Gasteiger partial charge in [0.2, 0.25) is 0 Å². The number of aliphatic hydroxyl groups is 1. The Labute approximate surface area is 237 Å². The summed E-state index contributed by atoms with van der Waals surface area (Å²) >= 11 is 0. The van der Waals surface area contributed by atoms with Crippen LogP contribution in [0.15, 0.2) is 121 Å². The van der Waals surface area contributed by atoms with E-state index in [1.165, 1.54) is 0 Å². The highest BCUT2D eigenvalue weighted by atomic mass is 17.2. The molecule has 0 saturated heterocycles. The number of carbonyl (C=O) groups excluding carboxylic acids is 2. The fourth-order valence-electron chi connectivity index (χ4n) is 4.64. The van der Waals surface area contributed by atoms with E-state index in [4.69, 9.17) is 9.78 Å². The van der Waals surface area contributed by atoms with Gasteiger partial charge in [0.05, 0.1) is 7.11 Å². The van der Waals surface area contributed by atoms with Crippen molar-refractivity contribution in [2.75, 3.05) is 7.11 Å². The number of esters is 1. The van der Waals surface area contributed by atoms with Crippen LogP contribution in [0.2, 0.25) is 0 Å². The van der Waals surface area contributed by atoms with E-state index >= 15 is 0 Å². The number of ether oxygens (including phenoxy) is 1. The smallest absolute Gasteiger partial charge is 0.378 e. The maximum absolute atomic E-state index is 12.1. The average Bonchev–Trinajstić information content (AvgIpc) is 3.37. The maximum Gasteiger partial charge on any atom is 0.378 e. The van der Waals surface area contributed by atoms with Gasteiger partial charge in [-0.2, -0.15) is 0 Å². The number of rotatable bonds is 11. The summed E-state index contributed by atoms with van der Waals surface area (Å²) in [7, 11) is 1.12. The molecule has 4 aromatic carbocycles. The van der Waals surface area contributed by atoms with E-state index < -0.39 is 17.9 Å². The van der Waals surface area contributed by atoms with Crippen LogP contribution in [0.1, 0.15) is 33.9 Å². The zero-order valence-electron chi connectivity index (χ0n) is 22.5. The SMILES string of the molecule is COC(=O)C(=O)/C=C(\O)c1cn(Cc2ccccc2)c2ccc(COOC(c3ccccc3)c3ccccc3)cc12. The molecule has 5 rings (SSSR count). The third-order valence-corrected chi connectivity index (χ3v) is 6.67. The van der Waals surface area contributed by atoms with Crippen LogP contribution in [-0.2, 0) is 37.3 Å². The van der Waals surface area contributed by atoms with Gasteiger partial charge in [-0.15, -0.1) is 0 Å². The van der Waals surface area contributed by atoms with Crippen molar-refractivity contribution >= 4 is 28.4 Å². The molecule has 0 fully saturated rings. The fourth-order valence-corrected chi connectivity index (χ4v) is 4.64. The predicted octanol–water partition coefficient (Wildman–Crippen LogP) is 6.57. The van der Waals surface area contributed by atoms with Crippen LogP contribution in [0.4, 0.5) is 0 Å². The van der Waals surface area contributed by atoms with E-state index in [1.807, 2.05) is 114 Å². The van der Waals surface area contributed by atoms with Gasteiger partial charge in [0.25, 0.3) is 5.78 Å². The predicted molar refractivity (Wildman–Crippen MR) is 156 cm³/mol. The molecular formula is C34H29NO6. The molecule has 206 valence electrons. The molecule has 1 N–H and O–H groups in total. The van der Waals surface area contributed by atoms with Crippen molar-refractivity contribution in [3.8, 4) is 0 Å². The van der Waals surface area contributed by atoms with Crippen molar-refractivity contribution in [3.63, 3.8) is 0 Å². The topological polar surface area (TPSA) is 87.0 Å². The number of hydrogen-bond acceptors (Lipinski definition) is 6. The van der Waals surface area contributed by atoms with Gasteiger partial charge in [-0.25, -0.2) is 14.6 Å². The summed E-state index contributed by atoms with van der Waals surface area (Å²) in [4.78, 5) is 35.5. The minimum Gasteiger partial charge on any atom is -0.507 e. The van der Waals surface area contributed by atoms with E-state index in [1.54, 1.807) is 6.20 Å². The Bertz CT molecular complexity index is 1620. The summed E-state index contributed by atoms with van der Waals surface area (Å²) in [5, 5.41) is 11.6. The lowest BCUT2D eigenvalue weighted by molar-refractivity contribution is -0.327. The van der Waals surface area contributed by atoms with E-state index in [-0.39, 0.29) is 12.4 Å². The second-order valence-electron chi connectivity index (χ2n) is 9.45. The summed E-state index contributed by atoms with van der Waals surface area (Å²) in [5.74, 6) is -2.34. The highest BCUT2D eigenvalue weighted by Crippen LogP contribution is 2.30. The molecule has 7 heteroatoms. The molecule has 0 bridgehead atoms. The summed E-state index contributed by atoms with van der Waals surface area (Å²) < 4.78 is 6.47. The lowest BCUT2D eigenvalue weighted by Gasteiger charge is -2.17. The van der Waals surface area contributed by atoms with Crippen molar-refractivity contribution in [2.45, 2.75) is 19.3 Å². The molecule has 0 atom stereocenters. The van der Waals surface area contributed by atoms with Gasteiger partial charge in [-0.1, -0.05) is 97.1 Å². The lowest BCUT2D eigenvalue weighted by Crippen LogP contribution is -2.13. The van der Waals surface area contributed by atoms with Crippen LogP contribution in [0.5, 0.6) is 0 Å². The average molecular weight is 548 g/mol. The number of methoxy groups -OCH3 is 1. The van der Waals surface area contributed by atoms with Gasteiger partial charge in [-0.3, -0.25) is 4.79 Å². The Hall–Kier alpha value is -4.98. The van der Waals surface area contributed by atoms with Crippen LogP contribution in [0.3, 0.4) is 0 Å². The van der Waals surface area contributed by atoms with E-state index in [9.17, 15) is 14.7 Å². The van der Waals surface area contributed by atoms with Gasteiger partial charge in [-0.05, 0) is 34.4 Å². The number of fused-ring (bicyclic) bond motifs is 1. The first-order valence-corrected chi connectivity index (χ1v) is 13.1. The fraction of sp³-hybridized carbons (Fsp3) is 0.118. The maximum atomic E-state index is 12.1. The molecule has 0 aliphatic carbocycles. The molecule has 0 aliphatic rings. The molecule has 0 spiro atoms. The molecule has 7 nitrogen and oxygen atoms in total. The largest absolute Gasteiger partial charge is 0.507 e. The van der Waals surface area contributed by atoms with Gasteiger partial charge in [0.15, 0.2) is 0 Å². The second-order valence-corrected chi connectivity index (χ2v) is 9.45. The molecule has 0 saturated carbocycles. The van der Waals surface area contributed by atoms with Crippen molar-refractivity contribution in [2.24, 2.45) is 0 Å². The standard InChI is InChI=1S/C34H29NO6/c1-39-34(38)32(37)20-31(36)29-22-35(21-24-11-5-2-6-12-24)30-18-17-25(19-28(29)30)23-40-41-33(26-13-7-3-8-14-26)27-15-9-4-10-16-27/h2-20,22,33,36H,21,23H2,1H3/b31-20-. The number of aromatic nitrogens is 1. The number of nitrogens with zero attached hydrogens (tertiary/aromatic N) is 1. The number of carbonyl (C=O) groups is 2. The molecule has 1 heterocycles. The summed E-state index contributed by atoms with van der Waals surface area (Å²) in [5.41, 5.74) is 5.02. The summed E-state index contributed by atoms with van der Waals surface area (Å²) in [6, 6.07) is 35.3. The van der Waals surface area contributed by atoms with Crippen LogP contribution >= 0.6 is 0 Å². The van der Waals surface area contributed by atoms with E-state index in [0.29, 0.717) is 17.5 Å². The zero-order valence-corrected chi connectivity index (χ0v) is 22.5. The first-order chi connectivity index (χ1) is 20.0. The Morgan fingerprint density at radius 1 is 0.829 bits per heavy atom. The number of benzene rings is 4. The number of hydrogen-bond donors (Lipinski definition) is 1. The Morgan fingerprint density at radius 2 is 1.44 bits per heavy atom. The van der Waals surface area contributed by atoms with Crippen LogP contribution in [-0.4, -0.2) is 28.5 Å². The third kappa shape index (κ3) is 6.61. The van der Waals surface area contributed by atoms with Crippen molar-refractivity contribution < 1.29 is 29.2 Å². The van der Waals surface area contributed by atoms with Gasteiger partial charge in [0, 0.05) is 35.3 Å². The first-order valence-electron chi connectivity index (χ1n) is 13.1. The van der Waals surface area contributed by atoms with Crippen molar-refractivity contribution in [1.29, 1.82) is 0 Å². The highest BCUT2D eigenvalue weighted by molar-refractivity contribution is 6.39. The van der Waals surface area contributed by atoms with Gasteiger partial charge < -0.3 is 14.4 Å². The van der Waals surface area contributed by atoms with Gasteiger partial charge >= 0.3 is 5.97 Å². The molecule has 1 aromatic heterocycles. The molecule has 5 aromatic rings. The molecule has 41 heavy (non-hydrogen) atoms. The highest BCUT2D eigenvalue weighted by Gasteiger charge is 2.19. The van der Waals surface area contributed by atoms with Crippen LogP contribution in [0.25, 0.3) is 16.7 Å². The Kier molecular flexibility index (Phi) is 8.69. The molecule has 0 amide bonds. The number of ketones is 1. The van der Waals surface area contributed by atoms with Crippen LogP contribution in [0, 0.1) is 0 Å². The summed E-state index contributed by atoms with van der Waals surface area (Å²) in [6.07, 6.45) is 2.22. The normalized spacial score (nSPS) is 11.6. The van der Waals surface area contributed by atoms with Crippen molar-refractivity contribution in [3.05, 3.63) is 149 Å². The minimum atomic E-state index is -1.05. The quantitative estimate of drug-likeness (QED) is 0.0503. The van der Waals surface area contributed by atoms with Gasteiger partial charge in [0.1, 0.15) is 18.5 Å². The van der Waals surface area contributed by atoms with E-state index in [2.05, 4.69) is 4.74 Å². The molecule has 0 unspecified atom stereocenters. The van der Waals surface area contributed by atoms with Crippen molar-refractivity contribution in [1.82, 2.24) is 4.57 Å². The minimum absolute atomic E-state index is 0.140. The molecule has 0 radical (unpaired) electrons. The van der Waals surface area contributed by atoms with Crippen LogP contribution < -0.4 is 0 Å². The lowest BCUT2D eigenvalue weighted by atomic mass is 10.0. The Morgan fingerprint density at radius 3 is 2.05 bits per heavy atom. The third-order valence-electron chi connectivity index (χ3n) is 6.67. The monoisotopic (exact) mass is 547 g/mol. The Balaban J connectivity index is 1.43. The first kappa shape index (κ1) is 27.6. The molecular weight excluding hydrogens is 518 g/mol. The second kappa shape index (κ2) is 12.9.